The molecule has 1 aliphatic carbocycles. The molecule has 0 saturated heterocycles. The van der Waals surface area contributed by atoms with E-state index in [1.54, 1.807) is 0 Å². The average Bonchev–Trinajstić information content (AvgIpc) is 3.24. The number of alkyl halides is 1. The molecular weight excluding hydrogens is 275 g/mol. The van der Waals surface area contributed by atoms with Crippen molar-refractivity contribution in [1.29, 1.82) is 0 Å². The van der Waals surface area contributed by atoms with Gasteiger partial charge in [-0.2, -0.15) is 0 Å². The fourth-order valence-electron chi connectivity index (χ4n) is 2.74. The highest BCUT2D eigenvalue weighted by Gasteiger charge is 2.49. The van der Waals surface area contributed by atoms with Gasteiger partial charge >= 0.3 is 0 Å². The fourth-order valence-corrected chi connectivity index (χ4v) is 3.46. The molecule has 0 spiro atoms. The molecule has 1 atom stereocenters. The van der Waals surface area contributed by atoms with Crippen LogP contribution in [0.1, 0.15) is 24.0 Å². The summed E-state index contributed by atoms with van der Waals surface area (Å²) >= 11 is 12.9. The molecule has 1 fully saturated rings. The highest BCUT2D eigenvalue weighted by molar-refractivity contribution is 6.31. The van der Waals surface area contributed by atoms with E-state index in [1.807, 2.05) is 18.2 Å². The summed E-state index contributed by atoms with van der Waals surface area (Å²) in [6.45, 7) is 0. The van der Waals surface area contributed by atoms with Gasteiger partial charge in [0, 0.05) is 15.8 Å². The SMILES string of the molecule is Clc1ccccc1CC(Cl)C1(c2ccccc2)CC1. The number of rotatable bonds is 4. The van der Waals surface area contributed by atoms with Crippen molar-refractivity contribution in [3.05, 3.63) is 70.7 Å². The van der Waals surface area contributed by atoms with E-state index in [-0.39, 0.29) is 10.8 Å². The molecule has 1 unspecified atom stereocenters. The van der Waals surface area contributed by atoms with E-state index >= 15 is 0 Å². The summed E-state index contributed by atoms with van der Waals surface area (Å²) in [5, 5.41) is 0.923. The van der Waals surface area contributed by atoms with Crippen molar-refractivity contribution in [3.8, 4) is 0 Å². The van der Waals surface area contributed by atoms with E-state index < -0.39 is 0 Å². The largest absolute Gasteiger partial charge is 0.122 e. The topological polar surface area (TPSA) is 0 Å². The monoisotopic (exact) mass is 290 g/mol. The average molecular weight is 291 g/mol. The van der Waals surface area contributed by atoms with Crippen LogP contribution in [0.4, 0.5) is 0 Å². The summed E-state index contributed by atoms with van der Waals surface area (Å²) in [6.07, 6.45) is 3.18. The highest BCUT2D eigenvalue weighted by atomic mass is 35.5. The van der Waals surface area contributed by atoms with Crippen LogP contribution in [0.2, 0.25) is 5.02 Å². The molecule has 0 bridgehead atoms. The van der Waals surface area contributed by atoms with Gasteiger partial charge in [-0.15, -0.1) is 11.6 Å². The van der Waals surface area contributed by atoms with Gasteiger partial charge in [0.05, 0.1) is 0 Å². The van der Waals surface area contributed by atoms with Crippen LogP contribution in [0.25, 0.3) is 0 Å². The lowest BCUT2D eigenvalue weighted by Gasteiger charge is -2.22. The predicted molar refractivity (Wildman–Crippen MR) is 82.2 cm³/mol. The first-order valence-corrected chi connectivity index (χ1v) is 7.47. The second-order valence-electron chi connectivity index (χ2n) is 5.29. The Balaban J connectivity index is 1.82. The van der Waals surface area contributed by atoms with Crippen molar-refractivity contribution in [2.75, 3.05) is 0 Å². The number of hydrogen-bond donors (Lipinski definition) is 0. The first-order chi connectivity index (χ1) is 9.22. The minimum absolute atomic E-state index is 0.106. The molecule has 98 valence electrons. The van der Waals surface area contributed by atoms with Crippen LogP contribution in [0.3, 0.4) is 0 Å². The van der Waals surface area contributed by atoms with Crippen LogP contribution in [0.15, 0.2) is 54.6 Å². The minimum Gasteiger partial charge on any atom is -0.122 e. The maximum Gasteiger partial charge on any atom is 0.0473 e. The lowest BCUT2D eigenvalue weighted by Crippen LogP contribution is -2.23. The Bertz CT molecular complexity index is 558. The highest BCUT2D eigenvalue weighted by Crippen LogP contribution is 2.53. The Labute approximate surface area is 124 Å². The van der Waals surface area contributed by atoms with Crippen molar-refractivity contribution in [3.63, 3.8) is 0 Å². The van der Waals surface area contributed by atoms with Gasteiger partial charge in [0.15, 0.2) is 0 Å². The maximum absolute atomic E-state index is 6.72. The van der Waals surface area contributed by atoms with Gasteiger partial charge in [-0.05, 0) is 36.5 Å². The Morgan fingerprint density at radius 3 is 2.21 bits per heavy atom. The number of hydrogen-bond acceptors (Lipinski definition) is 0. The van der Waals surface area contributed by atoms with E-state index in [0.717, 1.165) is 17.0 Å². The van der Waals surface area contributed by atoms with Crippen molar-refractivity contribution in [2.24, 2.45) is 0 Å². The summed E-state index contributed by atoms with van der Waals surface area (Å²) in [5.41, 5.74) is 2.66. The van der Waals surface area contributed by atoms with Crippen LogP contribution < -0.4 is 0 Å². The first kappa shape index (κ1) is 13.0. The second kappa shape index (κ2) is 5.19. The summed E-state index contributed by atoms with van der Waals surface area (Å²) in [6, 6.07) is 18.6. The summed E-state index contributed by atoms with van der Waals surface area (Å²) in [7, 11) is 0. The zero-order chi connectivity index (χ0) is 13.3. The summed E-state index contributed by atoms with van der Waals surface area (Å²) < 4.78 is 0. The number of benzene rings is 2. The van der Waals surface area contributed by atoms with E-state index in [9.17, 15) is 0 Å². The van der Waals surface area contributed by atoms with Gasteiger partial charge in [-0.1, -0.05) is 60.1 Å². The molecule has 0 radical (unpaired) electrons. The Hall–Kier alpha value is -0.980. The zero-order valence-corrected chi connectivity index (χ0v) is 12.2. The fraction of sp³-hybridized carbons (Fsp3) is 0.294. The third-order valence-corrected chi connectivity index (χ3v) is 5.03. The molecule has 2 aromatic rings. The molecular formula is C17H16Cl2. The van der Waals surface area contributed by atoms with E-state index in [0.29, 0.717) is 0 Å². The van der Waals surface area contributed by atoms with Crippen LogP contribution >= 0.6 is 23.2 Å². The van der Waals surface area contributed by atoms with Crippen LogP contribution in [0, 0.1) is 0 Å². The van der Waals surface area contributed by atoms with E-state index in [2.05, 4.69) is 36.4 Å². The molecule has 0 nitrogen and oxygen atoms in total. The van der Waals surface area contributed by atoms with Crippen molar-refractivity contribution >= 4 is 23.2 Å². The van der Waals surface area contributed by atoms with Gasteiger partial charge in [-0.3, -0.25) is 0 Å². The summed E-state index contributed by atoms with van der Waals surface area (Å²) in [5.74, 6) is 0. The van der Waals surface area contributed by atoms with Crippen LogP contribution in [-0.4, -0.2) is 5.38 Å². The molecule has 0 amide bonds. The molecule has 0 aliphatic heterocycles. The van der Waals surface area contributed by atoms with Crippen molar-refractivity contribution in [2.45, 2.75) is 30.1 Å². The van der Waals surface area contributed by atoms with Crippen molar-refractivity contribution < 1.29 is 0 Å². The third kappa shape index (κ3) is 2.52. The smallest absolute Gasteiger partial charge is 0.0473 e. The molecule has 0 N–H and O–H groups in total. The van der Waals surface area contributed by atoms with Crippen LogP contribution in [-0.2, 0) is 11.8 Å². The second-order valence-corrected chi connectivity index (χ2v) is 6.22. The lowest BCUT2D eigenvalue weighted by molar-refractivity contribution is 0.629. The van der Waals surface area contributed by atoms with Crippen LogP contribution in [0.5, 0.6) is 0 Å². The Morgan fingerprint density at radius 1 is 0.947 bits per heavy atom. The quantitative estimate of drug-likeness (QED) is 0.677. The molecule has 2 aromatic carbocycles. The number of halogens is 2. The minimum atomic E-state index is 0.106. The maximum atomic E-state index is 6.72. The standard InChI is InChI=1S/C17H16Cl2/c18-15-9-5-4-6-13(15)12-16(19)17(10-11-17)14-7-2-1-3-8-14/h1-9,16H,10-12H2. The summed E-state index contributed by atoms with van der Waals surface area (Å²) in [4.78, 5) is 0. The molecule has 2 heteroatoms. The predicted octanol–water partition coefficient (Wildman–Crippen LogP) is 5.22. The molecule has 0 heterocycles. The first-order valence-electron chi connectivity index (χ1n) is 6.65. The van der Waals surface area contributed by atoms with Gasteiger partial charge < -0.3 is 0 Å². The molecule has 1 saturated carbocycles. The van der Waals surface area contributed by atoms with E-state index in [4.69, 9.17) is 23.2 Å². The van der Waals surface area contributed by atoms with E-state index in [1.165, 1.54) is 18.4 Å². The van der Waals surface area contributed by atoms with Gasteiger partial charge in [0.1, 0.15) is 0 Å². The molecule has 3 rings (SSSR count). The Morgan fingerprint density at radius 2 is 1.58 bits per heavy atom. The zero-order valence-electron chi connectivity index (χ0n) is 10.7. The van der Waals surface area contributed by atoms with Crippen molar-refractivity contribution in [1.82, 2.24) is 0 Å². The van der Waals surface area contributed by atoms with Gasteiger partial charge in [-0.25, -0.2) is 0 Å². The molecule has 1 aliphatic rings. The molecule has 0 aromatic heterocycles. The molecule has 19 heavy (non-hydrogen) atoms. The lowest BCUT2D eigenvalue weighted by atomic mass is 9.89. The third-order valence-electron chi connectivity index (χ3n) is 4.09. The normalized spacial score (nSPS) is 18.0. The van der Waals surface area contributed by atoms with Gasteiger partial charge in [0.25, 0.3) is 0 Å². The van der Waals surface area contributed by atoms with Gasteiger partial charge in [0.2, 0.25) is 0 Å². The Kier molecular flexibility index (Phi) is 3.56.